The number of hydrogen-bond acceptors (Lipinski definition) is 3. The van der Waals surface area contributed by atoms with Crippen molar-refractivity contribution < 1.29 is 9.53 Å². The molecule has 1 aromatic rings. The lowest BCUT2D eigenvalue weighted by Crippen LogP contribution is -2.33. The van der Waals surface area contributed by atoms with Gasteiger partial charge in [0.2, 0.25) is 0 Å². The van der Waals surface area contributed by atoms with Crippen LogP contribution >= 0.6 is 23.4 Å². The molecule has 0 heterocycles. The van der Waals surface area contributed by atoms with E-state index in [-0.39, 0.29) is 11.3 Å². The van der Waals surface area contributed by atoms with Crippen LogP contribution in [-0.4, -0.2) is 49.7 Å². The summed E-state index contributed by atoms with van der Waals surface area (Å²) in [4.78, 5) is 14.9. The fourth-order valence-corrected chi connectivity index (χ4v) is 2.31. The zero-order valence-electron chi connectivity index (χ0n) is 10.9. The molecule has 100 valence electrons. The molecule has 0 bridgehead atoms. The summed E-state index contributed by atoms with van der Waals surface area (Å²) in [6.07, 6.45) is 2.01. The van der Waals surface area contributed by atoms with E-state index in [2.05, 4.69) is 0 Å². The molecule has 1 rings (SSSR count). The smallest absolute Gasteiger partial charge is 0.253 e. The lowest BCUT2D eigenvalue weighted by atomic mass is 10.2. The first-order chi connectivity index (χ1) is 8.58. The van der Waals surface area contributed by atoms with Gasteiger partial charge in [0.15, 0.2) is 0 Å². The van der Waals surface area contributed by atoms with Crippen LogP contribution in [0.5, 0.6) is 0 Å². The van der Waals surface area contributed by atoms with Gasteiger partial charge in [-0.2, -0.15) is 0 Å². The first kappa shape index (κ1) is 15.3. The Morgan fingerprint density at radius 1 is 1.44 bits per heavy atom. The Hall–Kier alpha value is -0.710. The van der Waals surface area contributed by atoms with Crippen molar-refractivity contribution in [3.05, 3.63) is 29.8 Å². The standard InChI is InChI=1S/C13H18ClNO2S/c1-15(8-11(14)9-17-2)13(16)10-4-6-12(18-3)7-5-10/h4-7,11H,8-9H2,1-3H3. The first-order valence-electron chi connectivity index (χ1n) is 5.61. The molecular weight excluding hydrogens is 270 g/mol. The summed E-state index contributed by atoms with van der Waals surface area (Å²) in [5.41, 5.74) is 0.677. The van der Waals surface area contributed by atoms with Crippen LogP contribution < -0.4 is 0 Å². The number of carbonyl (C=O) groups excluding carboxylic acids is 1. The maximum Gasteiger partial charge on any atom is 0.253 e. The van der Waals surface area contributed by atoms with Gasteiger partial charge < -0.3 is 9.64 Å². The number of hydrogen-bond donors (Lipinski definition) is 0. The van der Waals surface area contributed by atoms with E-state index in [1.807, 2.05) is 30.5 Å². The average Bonchev–Trinajstić information content (AvgIpc) is 2.38. The number of carbonyl (C=O) groups is 1. The molecule has 0 saturated carbocycles. The number of methoxy groups -OCH3 is 1. The van der Waals surface area contributed by atoms with Gasteiger partial charge in [0.1, 0.15) is 0 Å². The van der Waals surface area contributed by atoms with Crippen LogP contribution in [0.2, 0.25) is 0 Å². The van der Waals surface area contributed by atoms with Crippen molar-refractivity contribution in [3.63, 3.8) is 0 Å². The Bertz CT molecular complexity index is 383. The molecule has 0 fully saturated rings. The summed E-state index contributed by atoms with van der Waals surface area (Å²) < 4.78 is 4.95. The van der Waals surface area contributed by atoms with E-state index in [0.717, 1.165) is 4.90 Å². The van der Waals surface area contributed by atoms with Gasteiger partial charge in [-0.1, -0.05) is 0 Å². The number of halogens is 1. The lowest BCUT2D eigenvalue weighted by molar-refractivity contribution is 0.0781. The Morgan fingerprint density at radius 2 is 2.06 bits per heavy atom. The highest BCUT2D eigenvalue weighted by Gasteiger charge is 2.15. The third-order valence-electron chi connectivity index (χ3n) is 2.50. The van der Waals surface area contributed by atoms with E-state index in [0.29, 0.717) is 18.7 Å². The Kier molecular flexibility index (Phi) is 6.54. The molecular formula is C13H18ClNO2S. The maximum absolute atomic E-state index is 12.1. The van der Waals surface area contributed by atoms with E-state index < -0.39 is 0 Å². The van der Waals surface area contributed by atoms with Gasteiger partial charge in [0, 0.05) is 31.2 Å². The van der Waals surface area contributed by atoms with Crippen molar-refractivity contribution in [2.45, 2.75) is 10.3 Å². The number of amides is 1. The van der Waals surface area contributed by atoms with Crippen molar-refractivity contribution in [1.82, 2.24) is 4.90 Å². The van der Waals surface area contributed by atoms with Crippen molar-refractivity contribution in [3.8, 4) is 0 Å². The predicted molar refractivity (Wildman–Crippen MR) is 76.7 cm³/mol. The number of nitrogens with zero attached hydrogens (tertiary/aromatic N) is 1. The van der Waals surface area contributed by atoms with Gasteiger partial charge in [0.25, 0.3) is 5.91 Å². The van der Waals surface area contributed by atoms with E-state index in [1.165, 1.54) is 0 Å². The minimum atomic E-state index is -0.186. The second kappa shape index (κ2) is 7.67. The Balaban J connectivity index is 2.62. The zero-order valence-corrected chi connectivity index (χ0v) is 12.4. The average molecular weight is 288 g/mol. The van der Waals surface area contributed by atoms with Crippen molar-refractivity contribution in [2.75, 3.05) is 33.6 Å². The van der Waals surface area contributed by atoms with Gasteiger partial charge in [0.05, 0.1) is 12.0 Å². The van der Waals surface area contributed by atoms with Crippen LogP contribution in [0.25, 0.3) is 0 Å². The lowest BCUT2D eigenvalue weighted by Gasteiger charge is -2.20. The fraction of sp³-hybridized carbons (Fsp3) is 0.462. The van der Waals surface area contributed by atoms with Gasteiger partial charge in [-0.3, -0.25) is 4.79 Å². The topological polar surface area (TPSA) is 29.5 Å². The molecule has 1 atom stereocenters. The van der Waals surface area contributed by atoms with E-state index in [9.17, 15) is 4.79 Å². The first-order valence-corrected chi connectivity index (χ1v) is 7.27. The number of rotatable bonds is 6. The van der Waals surface area contributed by atoms with Crippen molar-refractivity contribution >= 4 is 29.3 Å². The van der Waals surface area contributed by atoms with Crippen molar-refractivity contribution in [2.24, 2.45) is 0 Å². The summed E-state index contributed by atoms with van der Waals surface area (Å²) >= 11 is 7.69. The summed E-state index contributed by atoms with van der Waals surface area (Å²) in [6, 6.07) is 7.56. The second-order valence-electron chi connectivity index (χ2n) is 3.97. The van der Waals surface area contributed by atoms with Crippen LogP contribution in [0.4, 0.5) is 0 Å². The molecule has 0 aliphatic carbocycles. The quantitative estimate of drug-likeness (QED) is 0.595. The highest BCUT2D eigenvalue weighted by molar-refractivity contribution is 7.98. The number of benzene rings is 1. The summed E-state index contributed by atoms with van der Waals surface area (Å²) in [5.74, 6) is -0.0237. The maximum atomic E-state index is 12.1. The van der Waals surface area contributed by atoms with Crippen LogP contribution in [0.1, 0.15) is 10.4 Å². The highest BCUT2D eigenvalue weighted by atomic mass is 35.5. The third-order valence-corrected chi connectivity index (χ3v) is 3.51. The molecule has 0 radical (unpaired) electrons. The fourth-order valence-electron chi connectivity index (χ4n) is 1.57. The molecule has 0 spiro atoms. The molecule has 0 aliphatic heterocycles. The predicted octanol–water partition coefficient (Wildman–Crippen LogP) is 2.73. The van der Waals surface area contributed by atoms with Gasteiger partial charge in [-0.15, -0.1) is 23.4 Å². The largest absolute Gasteiger partial charge is 0.383 e. The molecule has 18 heavy (non-hydrogen) atoms. The summed E-state index contributed by atoms with van der Waals surface area (Å²) in [6.45, 7) is 0.906. The van der Waals surface area contributed by atoms with E-state index in [4.69, 9.17) is 16.3 Å². The van der Waals surface area contributed by atoms with Crippen LogP contribution in [0.15, 0.2) is 29.2 Å². The second-order valence-corrected chi connectivity index (χ2v) is 5.46. The summed E-state index contributed by atoms with van der Waals surface area (Å²) in [7, 11) is 3.34. The van der Waals surface area contributed by atoms with Crippen molar-refractivity contribution in [1.29, 1.82) is 0 Å². The molecule has 0 aromatic heterocycles. The normalized spacial score (nSPS) is 12.2. The molecule has 1 amide bonds. The number of thioether (sulfide) groups is 1. The van der Waals surface area contributed by atoms with Gasteiger partial charge >= 0.3 is 0 Å². The molecule has 0 aliphatic rings. The molecule has 5 heteroatoms. The van der Waals surface area contributed by atoms with E-state index in [1.54, 1.807) is 30.8 Å². The third kappa shape index (κ3) is 4.52. The molecule has 3 nitrogen and oxygen atoms in total. The van der Waals surface area contributed by atoms with Gasteiger partial charge in [-0.05, 0) is 30.5 Å². The Labute approximate surface area is 117 Å². The molecule has 0 saturated heterocycles. The minimum Gasteiger partial charge on any atom is -0.383 e. The highest BCUT2D eigenvalue weighted by Crippen LogP contribution is 2.16. The molecule has 1 unspecified atom stereocenters. The molecule has 1 aromatic carbocycles. The SMILES string of the molecule is COCC(Cl)CN(C)C(=O)c1ccc(SC)cc1. The Morgan fingerprint density at radius 3 is 2.56 bits per heavy atom. The van der Waals surface area contributed by atoms with Gasteiger partial charge in [-0.25, -0.2) is 0 Å². The van der Waals surface area contributed by atoms with Crippen LogP contribution in [0, 0.1) is 0 Å². The zero-order chi connectivity index (χ0) is 13.5. The monoisotopic (exact) mass is 287 g/mol. The van der Waals surface area contributed by atoms with Crippen LogP contribution in [0.3, 0.4) is 0 Å². The molecule has 0 N–H and O–H groups in total. The number of alkyl halides is 1. The van der Waals surface area contributed by atoms with E-state index >= 15 is 0 Å². The minimum absolute atomic E-state index is 0.0237. The number of ether oxygens (including phenoxy) is 1. The van der Waals surface area contributed by atoms with Crippen LogP contribution in [-0.2, 0) is 4.74 Å². The summed E-state index contributed by atoms with van der Waals surface area (Å²) in [5, 5.41) is -0.186.